The number of aromatic nitrogens is 3. The van der Waals surface area contributed by atoms with Gasteiger partial charge in [0.1, 0.15) is 18.2 Å². The molecule has 7 heteroatoms. The normalized spacial score (nSPS) is 12.1. The van der Waals surface area contributed by atoms with Crippen LogP contribution in [0.1, 0.15) is 41.6 Å². The van der Waals surface area contributed by atoms with Gasteiger partial charge in [-0.2, -0.15) is 5.10 Å². The number of nitrogens with zero attached hydrogens (tertiary/aromatic N) is 4. The summed E-state index contributed by atoms with van der Waals surface area (Å²) in [7, 11) is 1.79. The van der Waals surface area contributed by atoms with E-state index in [1.807, 2.05) is 63.2 Å². The van der Waals surface area contributed by atoms with Crippen LogP contribution in [0.3, 0.4) is 0 Å². The van der Waals surface area contributed by atoms with E-state index in [2.05, 4.69) is 10.1 Å². The highest BCUT2D eigenvalue weighted by molar-refractivity contribution is 5.82. The summed E-state index contributed by atoms with van der Waals surface area (Å²) in [6, 6.07) is 13.6. The molecule has 0 saturated heterocycles. The minimum absolute atomic E-state index is 0.0272. The van der Waals surface area contributed by atoms with E-state index in [4.69, 9.17) is 4.42 Å². The zero-order chi connectivity index (χ0) is 22.8. The molecule has 1 amide bonds. The van der Waals surface area contributed by atoms with Crippen molar-refractivity contribution in [3.05, 3.63) is 87.8 Å². The Labute approximate surface area is 186 Å². The van der Waals surface area contributed by atoms with Gasteiger partial charge in [0.15, 0.2) is 0 Å². The lowest BCUT2D eigenvalue weighted by molar-refractivity contribution is -0.131. The molecule has 0 bridgehead atoms. The van der Waals surface area contributed by atoms with E-state index < -0.39 is 0 Å². The molecule has 4 aromatic rings. The average Bonchev–Trinajstić information content (AvgIpc) is 3.32. The third-order valence-corrected chi connectivity index (χ3v) is 6.06. The summed E-state index contributed by atoms with van der Waals surface area (Å²) >= 11 is 0. The Bertz CT molecular complexity index is 1310. The fourth-order valence-electron chi connectivity index (χ4n) is 3.89. The molecule has 32 heavy (non-hydrogen) atoms. The number of fused-ring (bicyclic) bond motifs is 1. The van der Waals surface area contributed by atoms with Gasteiger partial charge in [0, 0.05) is 24.4 Å². The second-order valence-corrected chi connectivity index (χ2v) is 8.10. The SMILES string of the molecule is Cc1ccc2c(C)c(CCC(=O)N(C)[C@@H](C)c3ccc(-n4cncn4)cc3)c(=O)oc2c1. The molecule has 0 aliphatic rings. The minimum atomic E-state index is -0.368. The lowest BCUT2D eigenvalue weighted by Gasteiger charge is -2.25. The van der Waals surface area contributed by atoms with Crippen molar-refractivity contribution in [1.82, 2.24) is 19.7 Å². The predicted octanol–water partition coefficient (Wildman–Crippen LogP) is 4.14. The monoisotopic (exact) mass is 430 g/mol. The zero-order valence-corrected chi connectivity index (χ0v) is 18.7. The van der Waals surface area contributed by atoms with Crippen LogP contribution in [-0.4, -0.2) is 32.6 Å². The number of hydrogen-bond donors (Lipinski definition) is 0. The highest BCUT2D eigenvalue weighted by atomic mass is 16.4. The maximum atomic E-state index is 12.9. The Balaban J connectivity index is 1.46. The lowest BCUT2D eigenvalue weighted by Crippen LogP contribution is -2.30. The molecular weight excluding hydrogens is 404 g/mol. The maximum Gasteiger partial charge on any atom is 0.339 e. The number of hydrogen-bond acceptors (Lipinski definition) is 5. The Kier molecular flexibility index (Phi) is 5.90. The number of aryl methyl sites for hydroxylation is 2. The van der Waals surface area contributed by atoms with Gasteiger partial charge in [-0.15, -0.1) is 0 Å². The standard InChI is InChI=1S/C25H26N4O3/c1-16-5-10-21-17(2)22(25(31)32-23(21)13-16)11-12-24(30)28(4)18(3)19-6-8-20(9-7-19)29-15-26-14-27-29/h5-10,13-15,18H,11-12H2,1-4H3/t18-/m0/s1. The second kappa shape index (κ2) is 8.78. The molecule has 164 valence electrons. The van der Waals surface area contributed by atoms with Gasteiger partial charge >= 0.3 is 5.63 Å². The number of rotatable bonds is 6. The van der Waals surface area contributed by atoms with E-state index in [0.29, 0.717) is 17.6 Å². The van der Waals surface area contributed by atoms with E-state index in [9.17, 15) is 9.59 Å². The van der Waals surface area contributed by atoms with Crippen molar-refractivity contribution >= 4 is 16.9 Å². The van der Waals surface area contributed by atoms with Crippen LogP contribution < -0.4 is 5.63 Å². The second-order valence-electron chi connectivity index (χ2n) is 8.10. The average molecular weight is 431 g/mol. The summed E-state index contributed by atoms with van der Waals surface area (Å²) < 4.78 is 7.20. The zero-order valence-electron chi connectivity index (χ0n) is 18.7. The Hall–Kier alpha value is -3.74. The number of carbonyl (C=O) groups is 1. The first-order valence-electron chi connectivity index (χ1n) is 10.6. The summed E-state index contributed by atoms with van der Waals surface area (Å²) in [6.07, 6.45) is 3.71. The third kappa shape index (κ3) is 4.19. The van der Waals surface area contributed by atoms with Gasteiger partial charge < -0.3 is 9.32 Å². The highest BCUT2D eigenvalue weighted by Gasteiger charge is 2.19. The van der Waals surface area contributed by atoms with Gasteiger partial charge in [0.2, 0.25) is 5.91 Å². The van der Waals surface area contributed by atoms with E-state index in [1.54, 1.807) is 23.0 Å². The van der Waals surface area contributed by atoms with Crippen molar-refractivity contribution in [2.45, 2.75) is 39.7 Å². The Morgan fingerprint density at radius 1 is 1.16 bits per heavy atom. The van der Waals surface area contributed by atoms with Crippen LogP contribution in [0.25, 0.3) is 16.7 Å². The van der Waals surface area contributed by atoms with Crippen molar-refractivity contribution in [3.63, 3.8) is 0 Å². The molecule has 0 fully saturated rings. The molecule has 2 aromatic carbocycles. The molecule has 2 heterocycles. The summed E-state index contributed by atoms with van der Waals surface area (Å²) in [6.45, 7) is 5.86. The summed E-state index contributed by atoms with van der Waals surface area (Å²) in [5.74, 6) is -0.0272. The molecule has 4 rings (SSSR count). The fourth-order valence-corrected chi connectivity index (χ4v) is 3.89. The molecule has 1 atom stereocenters. The van der Waals surface area contributed by atoms with E-state index in [0.717, 1.165) is 27.8 Å². The van der Waals surface area contributed by atoms with E-state index in [1.165, 1.54) is 6.33 Å². The van der Waals surface area contributed by atoms with Gasteiger partial charge in [-0.05, 0) is 62.1 Å². The molecule has 0 aliphatic carbocycles. The topological polar surface area (TPSA) is 81.2 Å². The van der Waals surface area contributed by atoms with Crippen LogP contribution in [-0.2, 0) is 11.2 Å². The number of carbonyl (C=O) groups excluding carboxylic acids is 1. The lowest BCUT2D eigenvalue weighted by atomic mass is 10.0. The van der Waals surface area contributed by atoms with Crippen molar-refractivity contribution in [2.75, 3.05) is 7.05 Å². The van der Waals surface area contributed by atoms with Crippen molar-refractivity contribution in [3.8, 4) is 5.69 Å². The van der Waals surface area contributed by atoms with E-state index in [-0.39, 0.29) is 24.0 Å². The number of benzene rings is 2. The van der Waals surface area contributed by atoms with Crippen LogP contribution in [0.2, 0.25) is 0 Å². The smallest absolute Gasteiger partial charge is 0.339 e. The van der Waals surface area contributed by atoms with Crippen LogP contribution in [0, 0.1) is 13.8 Å². The van der Waals surface area contributed by atoms with Gasteiger partial charge in [-0.1, -0.05) is 24.3 Å². The van der Waals surface area contributed by atoms with E-state index >= 15 is 0 Å². The highest BCUT2D eigenvalue weighted by Crippen LogP contribution is 2.23. The molecule has 0 N–H and O–H groups in total. The molecule has 0 saturated carbocycles. The summed E-state index contributed by atoms with van der Waals surface area (Å²) in [5.41, 5.74) is 4.61. The largest absolute Gasteiger partial charge is 0.423 e. The van der Waals surface area contributed by atoms with Crippen molar-refractivity contribution in [2.24, 2.45) is 0 Å². The predicted molar refractivity (Wildman–Crippen MR) is 123 cm³/mol. The third-order valence-electron chi connectivity index (χ3n) is 6.06. The first-order chi connectivity index (χ1) is 15.3. The summed E-state index contributed by atoms with van der Waals surface area (Å²) in [5, 5.41) is 5.03. The van der Waals surface area contributed by atoms with Crippen molar-refractivity contribution in [1.29, 1.82) is 0 Å². The van der Waals surface area contributed by atoms with Gasteiger partial charge in [-0.3, -0.25) is 4.79 Å². The van der Waals surface area contributed by atoms with Crippen LogP contribution >= 0.6 is 0 Å². The van der Waals surface area contributed by atoms with Gasteiger partial charge in [-0.25, -0.2) is 14.5 Å². The molecule has 0 radical (unpaired) electrons. The Morgan fingerprint density at radius 3 is 2.59 bits per heavy atom. The van der Waals surface area contributed by atoms with Crippen molar-refractivity contribution < 1.29 is 9.21 Å². The van der Waals surface area contributed by atoms with Gasteiger partial charge in [0.25, 0.3) is 0 Å². The maximum absolute atomic E-state index is 12.9. The molecule has 2 aromatic heterocycles. The molecule has 0 unspecified atom stereocenters. The molecule has 0 aliphatic heterocycles. The van der Waals surface area contributed by atoms with Crippen LogP contribution in [0.5, 0.6) is 0 Å². The first-order valence-corrected chi connectivity index (χ1v) is 10.6. The van der Waals surface area contributed by atoms with Crippen LogP contribution in [0.4, 0.5) is 0 Å². The molecular formula is C25H26N4O3. The number of amides is 1. The molecule has 0 spiro atoms. The van der Waals surface area contributed by atoms with Gasteiger partial charge in [0.05, 0.1) is 11.7 Å². The fraction of sp³-hybridized carbons (Fsp3) is 0.280. The minimum Gasteiger partial charge on any atom is -0.423 e. The quantitative estimate of drug-likeness (QED) is 0.430. The Morgan fingerprint density at radius 2 is 1.91 bits per heavy atom. The summed E-state index contributed by atoms with van der Waals surface area (Å²) in [4.78, 5) is 31.1. The van der Waals surface area contributed by atoms with Crippen LogP contribution in [0.15, 0.2) is 64.3 Å². The first kappa shape index (κ1) is 21.5. The molecule has 7 nitrogen and oxygen atoms in total.